The van der Waals surface area contributed by atoms with Gasteiger partial charge in [-0.3, -0.25) is 18.6 Å². The Hall–Kier alpha value is -1.25. The fourth-order valence-electron chi connectivity index (χ4n) is 2.65. The Morgan fingerprint density at radius 1 is 0.938 bits per heavy atom. The van der Waals surface area contributed by atoms with Gasteiger partial charge in [-0.1, -0.05) is 51.7 Å². The van der Waals surface area contributed by atoms with E-state index >= 15 is 0 Å². The number of phosphoric ester groups is 1. The molecule has 188 valence electrons. The fourth-order valence-corrected chi connectivity index (χ4v) is 3.41. The van der Waals surface area contributed by atoms with E-state index in [1.54, 1.807) is 0 Å². The van der Waals surface area contributed by atoms with Crippen molar-refractivity contribution in [3.8, 4) is 0 Å². The minimum absolute atomic E-state index is 0.0774. The highest BCUT2D eigenvalue weighted by molar-refractivity contribution is 7.47. The first kappa shape index (κ1) is 30.8. The third-order valence-corrected chi connectivity index (χ3v) is 5.38. The van der Waals surface area contributed by atoms with Crippen LogP contribution in [0.25, 0.3) is 0 Å². The van der Waals surface area contributed by atoms with Gasteiger partial charge >= 0.3 is 13.8 Å². The van der Waals surface area contributed by atoms with Crippen LogP contribution in [0.4, 0.5) is 0 Å². The summed E-state index contributed by atoms with van der Waals surface area (Å²) in [5, 5.41) is 12.2. The van der Waals surface area contributed by atoms with Crippen LogP contribution < -0.4 is 5.32 Å². The topological polar surface area (TPSA) is 131 Å². The summed E-state index contributed by atoms with van der Waals surface area (Å²) in [5.41, 5.74) is 0. The first-order valence-electron chi connectivity index (χ1n) is 11.7. The molecule has 32 heavy (non-hydrogen) atoms. The number of hydrogen-bond donors (Lipinski definition) is 3. The van der Waals surface area contributed by atoms with E-state index in [4.69, 9.17) is 9.26 Å². The average Bonchev–Trinajstić information content (AvgIpc) is 2.75. The number of carbonyl (C=O) groups excluding carboxylic acids is 2. The van der Waals surface area contributed by atoms with Crippen LogP contribution >= 0.6 is 7.82 Å². The van der Waals surface area contributed by atoms with E-state index in [1.165, 1.54) is 12.8 Å². The lowest BCUT2D eigenvalue weighted by Crippen LogP contribution is -2.27. The van der Waals surface area contributed by atoms with Gasteiger partial charge in [0, 0.05) is 19.4 Å². The number of aliphatic hydroxyl groups is 1. The minimum Gasteiger partial charge on any atom is -0.463 e. The van der Waals surface area contributed by atoms with Crippen LogP contribution in [-0.4, -0.2) is 54.3 Å². The van der Waals surface area contributed by atoms with Crippen molar-refractivity contribution in [2.45, 2.75) is 90.6 Å². The number of hydrogen-bond acceptors (Lipinski definition) is 7. The summed E-state index contributed by atoms with van der Waals surface area (Å²) in [6.45, 7) is 3.01. The molecular formula is C22H42NO8P. The summed E-state index contributed by atoms with van der Waals surface area (Å²) in [7, 11) is -4.37. The van der Waals surface area contributed by atoms with Crippen molar-refractivity contribution in [3.05, 3.63) is 12.2 Å². The Morgan fingerprint density at radius 3 is 2.34 bits per heavy atom. The third kappa shape index (κ3) is 20.6. The van der Waals surface area contributed by atoms with Gasteiger partial charge in [-0.05, 0) is 32.1 Å². The number of nitrogens with one attached hydrogen (secondary N) is 1. The van der Waals surface area contributed by atoms with Gasteiger partial charge in [0.15, 0.2) is 0 Å². The molecule has 0 aromatic carbocycles. The predicted octanol–water partition coefficient (Wildman–Crippen LogP) is 4.03. The van der Waals surface area contributed by atoms with Gasteiger partial charge in [0.1, 0.15) is 12.7 Å². The summed E-state index contributed by atoms with van der Waals surface area (Å²) in [6.07, 6.45) is 13.2. The van der Waals surface area contributed by atoms with Gasteiger partial charge in [-0.15, -0.1) is 0 Å². The SMILES string of the molecule is CCC/C=C\CCCCCCCC(=O)NCCOP(=O)(O)OCC(O)COC(=O)CCC. The zero-order valence-corrected chi connectivity index (χ0v) is 20.5. The van der Waals surface area contributed by atoms with E-state index in [0.717, 1.165) is 38.5 Å². The largest absolute Gasteiger partial charge is 0.472 e. The standard InChI is InChI=1S/C22H42NO8P/c1-3-5-6-7-8-9-10-11-12-13-15-21(25)23-16-17-30-32(27,28)31-19-20(24)18-29-22(26)14-4-2/h6-7,20,24H,3-5,8-19H2,1-2H3,(H,23,25)(H,27,28)/b7-6-. The maximum Gasteiger partial charge on any atom is 0.472 e. The molecule has 0 aromatic heterocycles. The van der Waals surface area contributed by atoms with Crippen molar-refractivity contribution in [2.24, 2.45) is 0 Å². The van der Waals surface area contributed by atoms with Crippen molar-refractivity contribution >= 4 is 19.7 Å². The molecule has 2 atom stereocenters. The molecule has 0 bridgehead atoms. The molecule has 10 heteroatoms. The van der Waals surface area contributed by atoms with E-state index in [1.807, 2.05) is 6.92 Å². The molecule has 0 aliphatic carbocycles. The van der Waals surface area contributed by atoms with Crippen LogP contribution in [0.1, 0.15) is 84.5 Å². The molecule has 0 saturated carbocycles. The maximum atomic E-state index is 11.8. The van der Waals surface area contributed by atoms with E-state index in [0.29, 0.717) is 12.8 Å². The number of aliphatic hydroxyl groups excluding tert-OH is 1. The molecule has 0 aromatic rings. The highest BCUT2D eigenvalue weighted by Gasteiger charge is 2.23. The summed E-state index contributed by atoms with van der Waals surface area (Å²) < 4.78 is 25.9. The molecular weight excluding hydrogens is 437 g/mol. The Kier molecular flexibility index (Phi) is 19.6. The smallest absolute Gasteiger partial charge is 0.463 e. The lowest BCUT2D eigenvalue weighted by molar-refractivity contribution is -0.147. The number of ether oxygens (including phenoxy) is 1. The van der Waals surface area contributed by atoms with Crippen molar-refractivity contribution in [1.82, 2.24) is 5.32 Å². The molecule has 9 nitrogen and oxygen atoms in total. The van der Waals surface area contributed by atoms with E-state index in [9.17, 15) is 24.2 Å². The molecule has 3 N–H and O–H groups in total. The first-order valence-corrected chi connectivity index (χ1v) is 13.2. The summed E-state index contributed by atoms with van der Waals surface area (Å²) >= 11 is 0. The Balaban J connectivity index is 3.67. The van der Waals surface area contributed by atoms with E-state index in [-0.39, 0.29) is 32.1 Å². The number of esters is 1. The second-order valence-electron chi connectivity index (χ2n) is 7.60. The van der Waals surface area contributed by atoms with Crippen molar-refractivity contribution in [3.63, 3.8) is 0 Å². The van der Waals surface area contributed by atoms with Gasteiger partial charge in [-0.2, -0.15) is 0 Å². The zero-order chi connectivity index (χ0) is 24.1. The lowest BCUT2D eigenvalue weighted by Gasteiger charge is -2.15. The van der Waals surface area contributed by atoms with Crippen LogP contribution in [-0.2, 0) is 27.9 Å². The molecule has 0 aliphatic rings. The van der Waals surface area contributed by atoms with Crippen molar-refractivity contribution < 1.29 is 37.9 Å². The van der Waals surface area contributed by atoms with Crippen LogP contribution in [0, 0.1) is 0 Å². The van der Waals surface area contributed by atoms with Crippen LogP contribution in [0.2, 0.25) is 0 Å². The monoisotopic (exact) mass is 479 g/mol. The van der Waals surface area contributed by atoms with Gasteiger partial charge in [0.2, 0.25) is 5.91 Å². The number of unbranched alkanes of at least 4 members (excludes halogenated alkanes) is 6. The van der Waals surface area contributed by atoms with Crippen LogP contribution in [0.3, 0.4) is 0 Å². The number of allylic oxidation sites excluding steroid dienone is 2. The van der Waals surface area contributed by atoms with Crippen molar-refractivity contribution in [2.75, 3.05) is 26.4 Å². The molecule has 0 saturated heterocycles. The second kappa shape index (κ2) is 20.4. The van der Waals surface area contributed by atoms with Gasteiger partial charge < -0.3 is 20.1 Å². The zero-order valence-electron chi connectivity index (χ0n) is 19.6. The highest BCUT2D eigenvalue weighted by Crippen LogP contribution is 2.42. The van der Waals surface area contributed by atoms with Crippen LogP contribution in [0.5, 0.6) is 0 Å². The highest BCUT2D eigenvalue weighted by atomic mass is 31.2. The molecule has 1 amide bonds. The van der Waals surface area contributed by atoms with Crippen molar-refractivity contribution in [1.29, 1.82) is 0 Å². The molecule has 0 radical (unpaired) electrons. The number of rotatable bonds is 21. The summed E-state index contributed by atoms with van der Waals surface area (Å²) in [6, 6.07) is 0. The van der Waals surface area contributed by atoms with Crippen LogP contribution in [0.15, 0.2) is 12.2 Å². The van der Waals surface area contributed by atoms with Gasteiger partial charge in [-0.25, -0.2) is 4.57 Å². The molecule has 0 rings (SSSR count). The third-order valence-electron chi connectivity index (χ3n) is 4.40. The van der Waals surface area contributed by atoms with E-state index < -0.39 is 26.5 Å². The molecule has 0 spiro atoms. The number of carbonyl (C=O) groups is 2. The average molecular weight is 480 g/mol. The Labute approximate surface area is 192 Å². The quantitative estimate of drug-likeness (QED) is 0.0973. The fraction of sp³-hybridized carbons (Fsp3) is 0.818. The normalized spacial score (nSPS) is 14.2. The number of amides is 1. The molecule has 0 aliphatic heterocycles. The molecule has 0 fully saturated rings. The Morgan fingerprint density at radius 2 is 1.62 bits per heavy atom. The summed E-state index contributed by atoms with van der Waals surface area (Å²) in [4.78, 5) is 32.6. The number of phosphoric acid groups is 1. The van der Waals surface area contributed by atoms with E-state index in [2.05, 4.69) is 28.9 Å². The lowest BCUT2D eigenvalue weighted by atomic mass is 10.1. The second-order valence-corrected chi connectivity index (χ2v) is 9.05. The molecule has 2 unspecified atom stereocenters. The van der Waals surface area contributed by atoms with Gasteiger partial charge in [0.05, 0.1) is 13.2 Å². The predicted molar refractivity (Wildman–Crippen MR) is 123 cm³/mol. The first-order chi connectivity index (χ1) is 15.3. The minimum atomic E-state index is -4.37. The van der Waals surface area contributed by atoms with Gasteiger partial charge in [0.25, 0.3) is 0 Å². The Bertz CT molecular complexity index is 570. The maximum absolute atomic E-state index is 11.8. The molecule has 0 heterocycles. The summed E-state index contributed by atoms with van der Waals surface area (Å²) in [5.74, 6) is -0.588.